The summed E-state index contributed by atoms with van der Waals surface area (Å²) in [5.41, 5.74) is 7.51. The minimum atomic E-state index is -0.544. The van der Waals surface area contributed by atoms with Crippen molar-refractivity contribution in [1.29, 1.82) is 0 Å². The molecule has 1 aromatic heterocycles. The highest BCUT2D eigenvalue weighted by atomic mass is 32.1. The van der Waals surface area contributed by atoms with Crippen molar-refractivity contribution >= 4 is 22.4 Å². The first-order valence-electron chi connectivity index (χ1n) is 6.96. The van der Waals surface area contributed by atoms with E-state index in [4.69, 9.17) is 15.2 Å². The van der Waals surface area contributed by atoms with Gasteiger partial charge in [-0.3, -0.25) is 4.79 Å². The van der Waals surface area contributed by atoms with E-state index in [1.807, 2.05) is 37.4 Å². The molecule has 0 fully saturated rings. The lowest BCUT2D eigenvalue weighted by Crippen LogP contribution is -2.39. The zero-order chi connectivity index (χ0) is 15.7. The second-order valence-corrected chi connectivity index (χ2v) is 6.22. The standard InChI is InChI=1S/C15H17N3O3S/c1-8(2)13(16)14(19)18-15-17-10(6-22-15)9-3-4-11-12(5-9)21-7-20-11/h3-6,8,13H,7,16H2,1-2H3,(H,17,18,19). The van der Waals surface area contributed by atoms with E-state index in [2.05, 4.69) is 10.3 Å². The molecule has 1 amide bonds. The summed E-state index contributed by atoms with van der Waals surface area (Å²) >= 11 is 1.36. The van der Waals surface area contributed by atoms with Crippen molar-refractivity contribution in [3.63, 3.8) is 0 Å². The van der Waals surface area contributed by atoms with Crippen molar-refractivity contribution in [1.82, 2.24) is 4.98 Å². The molecule has 116 valence electrons. The number of amides is 1. The third kappa shape index (κ3) is 2.90. The van der Waals surface area contributed by atoms with Gasteiger partial charge in [-0.1, -0.05) is 13.8 Å². The van der Waals surface area contributed by atoms with Gasteiger partial charge in [-0.25, -0.2) is 4.98 Å². The van der Waals surface area contributed by atoms with Gasteiger partial charge in [0.15, 0.2) is 16.6 Å². The van der Waals surface area contributed by atoms with E-state index in [-0.39, 0.29) is 18.6 Å². The molecule has 1 atom stereocenters. The molecule has 0 bridgehead atoms. The van der Waals surface area contributed by atoms with Gasteiger partial charge in [-0.2, -0.15) is 0 Å². The van der Waals surface area contributed by atoms with Crippen molar-refractivity contribution in [2.75, 3.05) is 12.1 Å². The molecule has 3 N–H and O–H groups in total. The Morgan fingerprint density at radius 2 is 2.14 bits per heavy atom. The lowest BCUT2D eigenvalue weighted by Gasteiger charge is -2.13. The van der Waals surface area contributed by atoms with Crippen LogP contribution in [0.1, 0.15) is 13.8 Å². The number of hydrogen-bond donors (Lipinski definition) is 2. The molecule has 0 saturated heterocycles. The zero-order valence-corrected chi connectivity index (χ0v) is 13.1. The van der Waals surface area contributed by atoms with E-state index >= 15 is 0 Å². The first kappa shape index (κ1) is 14.8. The summed E-state index contributed by atoms with van der Waals surface area (Å²) in [6.45, 7) is 4.05. The van der Waals surface area contributed by atoms with Crippen LogP contribution in [0, 0.1) is 5.92 Å². The van der Waals surface area contributed by atoms with Gasteiger partial charge in [0.1, 0.15) is 0 Å². The molecule has 7 heteroatoms. The maximum absolute atomic E-state index is 11.9. The molecule has 0 aliphatic carbocycles. The van der Waals surface area contributed by atoms with E-state index < -0.39 is 6.04 Å². The van der Waals surface area contributed by atoms with Crippen LogP contribution in [0.3, 0.4) is 0 Å². The predicted octanol–water partition coefficient (Wildman–Crippen LogP) is 2.46. The van der Waals surface area contributed by atoms with Gasteiger partial charge in [0.2, 0.25) is 12.7 Å². The summed E-state index contributed by atoms with van der Waals surface area (Å²) in [4.78, 5) is 16.4. The van der Waals surface area contributed by atoms with E-state index in [1.54, 1.807) is 0 Å². The van der Waals surface area contributed by atoms with Crippen LogP contribution in [-0.2, 0) is 4.79 Å². The Hall–Kier alpha value is -2.12. The molecular formula is C15H17N3O3S. The van der Waals surface area contributed by atoms with Crippen molar-refractivity contribution in [2.45, 2.75) is 19.9 Å². The highest BCUT2D eigenvalue weighted by molar-refractivity contribution is 7.14. The molecular weight excluding hydrogens is 302 g/mol. The second-order valence-electron chi connectivity index (χ2n) is 5.36. The predicted molar refractivity (Wildman–Crippen MR) is 85.1 cm³/mol. The van der Waals surface area contributed by atoms with Crippen LogP contribution in [0.25, 0.3) is 11.3 Å². The first-order valence-corrected chi connectivity index (χ1v) is 7.84. The minimum absolute atomic E-state index is 0.0771. The molecule has 3 rings (SSSR count). The summed E-state index contributed by atoms with van der Waals surface area (Å²) in [6.07, 6.45) is 0. The van der Waals surface area contributed by atoms with Gasteiger partial charge in [0.05, 0.1) is 11.7 Å². The molecule has 1 aliphatic heterocycles. The van der Waals surface area contributed by atoms with Crippen LogP contribution in [-0.4, -0.2) is 23.7 Å². The van der Waals surface area contributed by atoms with Gasteiger partial charge in [0, 0.05) is 10.9 Å². The van der Waals surface area contributed by atoms with E-state index in [0.29, 0.717) is 10.9 Å². The highest BCUT2D eigenvalue weighted by Gasteiger charge is 2.19. The van der Waals surface area contributed by atoms with Crippen LogP contribution in [0.2, 0.25) is 0 Å². The van der Waals surface area contributed by atoms with Gasteiger partial charge in [-0.15, -0.1) is 11.3 Å². The largest absolute Gasteiger partial charge is 0.454 e. The molecule has 0 spiro atoms. The number of nitrogens with two attached hydrogens (primary N) is 1. The fraction of sp³-hybridized carbons (Fsp3) is 0.333. The molecule has 2 aromatic rings. The maximum Gasteiger partial charge on any atom is 0.243 e. The van der Waals surface area contributed by atoms with Gasteiger partial charge in [0.25, 0.3) is 0 Å². The SMILES string of the molecule is CC(C)C(N)C(=O)Nc1nc(-c2ccc3c(c2)OCO3)cs1. The normalized spacial score (nSPS) is 14.2. The minimum Gasteiger partial charge on any atom is -0.454 e. The lowest BCUT2D eigenvalue weighted by molar-refractivity contribution is -0.118. The Bertz CT molecular complexity index is 699. The van der Waals surface area contributed by atoms with E-state index in [9.17, 15) is 4.79 Å². The van der Waals surface area contributed by atoms with Crippen LogP contribution in [0.15, 0.2) is 23.6 Å². The number of hydrogen-bond acceptors (Lipinski definition) is 6. The van der Waals surface area contributed by atoms with Crippen molar-refractivity contribution in [3.05, 3.63) is 23.6 Å². The zero-order valence-electron chi connectivity index (χ0n) is 12.3. The summed E-state index contributed by atoms with van der Waals surface area (Å²) < 4.78 is 10.6. The molecule has 1 unspecified atom stereocenters. The number of rotatable bonds is 4. The number of anilines is 1. The quantitative estimate of drug-likeness (QED) is 0.904. The molecule has 22 heavy (non-hydrogen) atoms. The highest BCUT2D eigenvalue weighted by Crippen LogP contribution is 2.36. The summed E-state index contributed by atoms with van der Waals surface area (Å²) in [6, 6.07) is 5.10. The van der Waals surface area contributed by atoms with Crippen molar-refractivity contribution in [2.24, 2.45) is 11.7 Å². The molecule has 2 heterocycles. The smallest absolute Gasteiger partial charge is 0.243 e. The topological polar surface area (TPSA) is 86.5 Å². The average molecular weight is 319 g/mol. The number of benzene rings is 1. The molecule has 0 saturated carbocycles. The van der Waals surface area contributed by atoms with Crippen molar-refractivity contribution in [3.8, 4) is 22.8 Å². The maximum atomic E-state index is 11.9. The van der Waals surface area contributed by atoms with Crippen LogP contribution < -0.4 is 20.5 Å². The Kier molecular flexibility index (Phi) is 4.00. The monoisotopic (exact) mass is 319 g/mol. The Morgan fingerprint density at radius 3 is 2.91 bits per heavy atom. The first-order chi connectivity index (χ1) is 10.5. The fourth-order valence-corrected chi connectivity index (χ4v) is 2.73. The van der Waals surface area contributed by atoms with Crippen LogP contribution >= 0.6 is 11.3 Å². The van der Waals surface area contributed by atoms with Gasteiger partial charge >= 0.3 is 0 Å². The molecule has 6 nitrogen and oxygen atoms in total. The molecule has 1 aromatic carbocycles. The summed E-state index contributed by atoms with van der Waals surface area (Å²) in [5, 5.41) is 5.17. The van der Waals surface area contributed by atoms with E-state index in [1.165, 1.54) is 11.3 Å². The second kappa shape index (κ2) is 5.94. The lowest BCUT2D eigenvalue weighted by atomic mass is 10.1. The Morgan fingerprint density at radius 1 is 1.36 bits per heavy atom. The third-order valence-electron chi connectivity index (χ3n) is 3.42. The number of ether oxygens (including phenoxy) is 2. The van der Waals surface area contributed by atoms with Crippen LogP contribution in [0.4, 0.5) is 5.13 Å². The summed E-state index contributed by atoms with van der Waals surface area (Å²) in [5.74, 6) is 1.29. The average Bonchev–Trinajstić information content (AvgIpc) is 3.13. The number of carbonyl (C=O) groups is 1. The Balaban J connectivity index is 1.75. The van der Waals surface area contributed by atoms with Gasteiger partial charge in [-0.05, 0) is 24.1 Å². The number of nitrogens with one attached hydrogen (secondary N) is 1. The van der Waals surface area contributed by atoms with Crippen molar-refractivity contribution < 1.29 is 14.3 Å². The third-order valence-corrected chi connectivity index (χ3v) is 4.18. The fourth-order valence-electron chi connectivity index (χ4n) is 2.01. The number of aromatic nitrogens is 1. The van der Waals surface area contributed by atoms with Gasteiger partial charge < -0.3 is 20.5 Å². The van der Waals surface area contributed by atoms with Crippen LogP contribution in [0.5, 0.6) is 11.5 Å². The number of carbonyl (C=O) groups excluding carboxylic acids is 1. The molecule has 0 radical (unpaired) electrons. The number of nitrogens with zero attached hydrogens (tertiary/aromatic N) is 1. The summed E-state index contributed by atoms with van der Waals surface area (Å²) in [7, 11) is 0. The van der Waals surface area contributed by atoms with E-state index in [0.717, 1.165) is 17.0 Å². The number of fused-ring (bicyclic) bond motifs is 1. The Labute approximate surface area is 132 Å². The molecule has 1 aliphatic rings. The number of thiazole rings is 1.